The molecule has 5 heteroatoms. The van der Waals surface area contributed by atoms with E-state index in [-0.39, 0.29) is 5.41 Å². The Morgan fingerprint density at radius 1 is 1.42 bits per heavy atom. The standard InChI is InChI=1S/C7H18NO3P/c1-7(2,3)6-11-12(9,8-4)10-5/h6H2,1-5H3,(H,8,9). The molecule has 0 spiro atoms. The zero-order valence-corrected chi connectivity index (χ0v) is 9.27. The van der Waals surface area contributed by atoms with E-state index in [9.17, 15) is 4.57 Å². The Morgan fingerprint density at radius 2 is 1.92 bits per heavy atom. The highest BCUT2D eigenvalue weighted by Gasteiger charge is 2.23. The van der Waals surface area contributed by atoms with Gasteiger partial charge in [-0.1, -0.05) is 20.8 Å². The average molecular weight is 195 g/mol. The van der Waals surface area contributed by atoms with Gasteiger partial charge in [-0.05, 0) is 12.5 Å². The van der Waals surface area contributed by atoms with Crippen molar-refractivity contribution in [3.63, 3.8) is 0 Å². The zero-order valence-electron chi connectivity index (χ0n) is 8.38. The summed E-state index contributed by atoms with van der Waals surface area (Å²) in [6, 6.07) is 0. The first-order valence-electron chi connectivity index (χ1n) is 3.82. The van der Waals surface area contributed by atoms with Gasteiger partial charge >= 0.3 is 7.75 Å². The molecule has 74 valence electrons. The second kappa shape index (κ2) is 4.38. The summed E-state index contributed by atoms with van der Waals surface area (Å²) >= 11 is 0. The molecule has 0 aliphatic rings. The molecule has 1 unspecified atom stereocenters. The van der Waals surface area contributed by atoms with Crippen LogP contribution < -0.4 is 5.09 Å². The molecule has 0 saturated heterocycles. The highest BCUT2D eigenvalue weighted by molar-refractivity contribution is 7.51. The molecule has 0 amide bonds. The minimum atomic E-state index is -3.03. The number of rotatable bonds is 4. The van der Waals surface area contributed by atoms with Crippen LogP contribution in [0.2, 0.25) is 0 Å². The molecule has 0 bridgehead atoms. The van der Waals surface area contributed by atoms with Crippen molar-refractivity contribution in [2.24, 2.45) is 5.41 Å². The van der Waals surface area contributed by atoms with Crippen molar-refractivity contribution in [1.82, 2.24) is 5.09 Å². The fraction of sp³-hybridized carbons (Fsp3) is 1.00. The first-order chi connectivity index (χ1) is 5.33. The molecule has 0 saturated carbocycles. The van der Waals surface area contributed by atoms with Gasteiger partial charge in [0.2, 0.25) is 0 Å². The van der Waals surface area contributed by atoms with E-state index in [4.69, 9.17) is 9.05 Å². The van der Waals surface area contributed by atoms with Crippen LogP contribution in [0.1, 0.15) is 20.8 Å². The largest absolute Gasteiger partial charge is 0.404 e. The van der Waals surface area contributed by atoms with Gasteiger partial charge in [0.25, 0.3) is 0 Å². The summed E-state index contributed by atoms with van der Waals surface area (Å²) in [5, 5.41) is 2.51. The Bertz CT molecular complexity index is 168. The molecule has 0 radical (unpaired) electrons. The lowest BCUT2D eigenvalue weighted by molar-refractivity contribution is 0.159. The second-order valence-corrected chi connectivity index (χ2v) is 5.80. The Balaban J connectivity index is 3.99. The molecule has 0 aliphatic carbocycles. The van der Waals surface area contributed by atoms with Crippen LogP contribution in [0.4, 0.5) is 0 Å². The van der Waals surface area contributed by atoms with E-state index in [0.29, 0.717) is 6.61 Å². The lowest BCUT2D eigenvalue weighted by Gasteiger charge is -2.21. The van der Waals surface area contributed by atoms with Crippen molar-refractivity contribution in [2.45, 2.75) is 20.8 Å². The van der Waals surface area contributed by atoms with E-state index in [1.165, 1.54) is 7.11 Å². The van der Waals surface area contributed by atoms with E-state index < -0.39 is 7.75 Å². The Hall–Kier alpha value is 0.110. The predicted molar refractivity (Wildman–Crippen MR) is 49.1 cm³/mol. The van der Waals surface area contributed by atoms with Gasteiger partial charge in [0.05, 0.1) is 6.61 Å². The van der Waals surface area contributed by atoms with Crippen molar-refractivity contribution in [3.05, 3.63) is 0 Å². The summed E-state index contributed by atoms with van der Waals surface area (Å²) in [7, 11) is -0.118. The molecule has 0 aromatic carbocycles. The molecular formula is C7H18NO3P. The third-order valence-electron chi connectivity index (χ3n) is 1.18. The van der Waals surface area contributed by atoms with Gasteiger partial charge < -0.3 is 4.52 Å². The monoisotopic (exact) mass is 195 g/mol. The van der Waals surface area contributed by atoms with Gasteiger partial charge in [0.15, 0.2) is 0 Å². The third-order valence-corrected chi connectivity index (χ3v) is 2.68. The lowest BCUT2D eigenvalue weighted by atomic mass is 9.99. The fourth-order valence-corrected chi connectivity index (χ4v) is 1.46. The van der Waals surface area contributed by atoms with Crippen LogP contribution in [-0.2, 0) is 13.6 Å². The van der Waals surface area contributed by atoms with E-state index in [0.717, 1.165) is 0 Å². The summed E-state index contributed by atoms with van der Waals surface area (Å²) in [5.74, 6) is 0. The average Bonchev–Trinajstić information content (AvgIpc) is 1.99. The highest BCUT2D eigenvalue weighted by atomic mass is 31.2. The molecular weight excluding hydrogens is 177 g/mol. The summed E-state index contributed by atoms with van der Waals surface area (Å²) in [6.07, 6.45) is 0. The van der Waals surface area contributed by atoms with Crippen LogP contribution >= 0.6 is 7.75 Å². The Kier molecular flexibility index (Phi) is 4.42. The minimum absolute atomic E-state index is 0.00889. The third kappa shape index (κ3) is 4.88. The molecule has 4 nitrogen and oxygen atoms in total. The highest BCUT2D eigenvalue weighted by Crippen LogP contribution is 2.43. The second-order valence-electron chi connectivity index (χ2n) is 3.74. The van der Waals surface area contributed by atoms with E-state index >= 15 is 0 Å². The number of hydrogen-bond acceptors (Lipinski definition) is 3. The van der Waals surface area contributed by atoms with Crippen molar-refractivity contribution < 1.29 is 13.6 Å². The summed E-state index contributed by atoms with van der Waals surface area (Å²) in [6.45, 7) is 6.41. The van der Waals surface area contributed by atoms with Gasteiger partial charge in [-0.25, -0.2) is 9.65 Å². The predicted octanol–water partition coefficient (Wildman–Crippen LogP) is 2.02. The fourth-order valence-electron chi connectivity index (χ4n) is 0.487. The van der Waals surface area contributed by atoms with Crippen LogP contribution in [0.25, 0.3) is 0 Å². The van der Waals surface area contributed by atoms with Gasteiger partial charge in [0.1, 0.15) is 0 Å². The van der Waals surface area contributed by atoms with Crippen molar-refractivity contribution in [3.8, 4) is 0 Å². The molecule has 1 N–H and O–H groups in total. The van der Waals surface area contributed by atoms with E-state index in [2.05, 4.69) is 5.09 Å². The Labute approximate surface area is 74.2 Å². The van der Waals surface area contributed by atoms with Crippen LogP contribution in [0, 0.1) is 5.41 Å². The Morgan fingerprint density at radius 3 is 2.17 bits per heavy atom. The molecule has 0 rings (SSSR count). The maximum atomic E-state index is 11.4. The molecule has 12 heavy (non-hydrogen) atoms. The van der Waals surface area contributed by atoms with Crippen LogP contribution in [-0.4, -0.2) is 20.8 Å². The van der Waals surface area contributed by atoms with Gasteiger partial charge in [-0.15, -0.1) is 0 Å². The topological polar surface area (TPSA) is 47.6 Å². The SMILES string of the molecule is CNP(=O)(OC)OCC(C)(C)C. The summed E-state index contributed by atoms with van der Waals surface area (Å²) in [5.41, 5.74) is -0.00889. The minimum Gasteiger partial charge on any atom is -0.300 e. The number of nitrogens with one attached hydrogen (secondary N) is 1. The van der Waals surface area contributed by atoms with Crippen LogP contribution in [0.5, 0.6) is 0 Å². The normalized spacial score (nSPS) is 17.4. The maximum Gasteiger partial charge on any atom is 0.404 e. The first kappa shape index (κ1) is 12.1. The lowest BCUT2D eigenvalue weighted by Crippen LogP contribution is -2.17. The van der Waals surface area contributed by atoms with Gasteiger partial charge in [-0.2, -0.15) is 0 Å². The molecule has 0 aliphatic heterocycles. The molecule has 0 aromatic rings. The smallest absolute Gasteiger partial charge is 0.300 e. The van der Waals surface area contributed by atoms with Crippen molar-refractivity contribution in [2.75, 3.05) is 20.8 Å². The van der Waals surface area contributed by atoms with E-state index in [1.54, 1.807) is 7.05 Å². The number of hydrogen-bond donors (Lipinski definition) is 1. The summed E-state index contributed by atoms with van der Waals surface area (Å²) < 4.78 is 21.3. The van der Waals surface area contributed by atoms with Gasteiger partial charge in [-0.3, -0.25) is 4.52 Å². The molecule has 1 atom stereocenters. The first-order valence-corrected chi connectivity index (χ1v) is 5.36. The summed E-state index contributed by atoms with van der Waals surface area (Å²) in [4.78, 5) is 0. The van der Waals surface area contributed by atoms with Crippen molar-refractivity contribution >= 4 is 7.75 Å². The van der Waals surface area contributed by atoms with Gasteiger partial charge in [0, 0.05) is 7.11 Å². The molecule has 0 aromatic heterocycles. The van der Waals surface area contributed by atoms with E-state index in [1.807, 2.05) is 20.8 Å². The quantitative estimate of drug-likeness (QED) is 0.697. The maximum absolute atomic E-state index is 11.4. The van der Waals surface area contributed by atoms with Crippen LogP contribution in [0.15, 0.2) is 0 Å². The molecule has 0 heterocycles. The van der Waals surface area contributed by atoms with Crippen LogP contribution in [0.3, 0.4) is 0 Å². The zero-order chi connectivity index (χ0) is 9.83. The van der Waals surface area contributed by atoms with Crippen molar-refractivity contribution in [1.29, 1.82) is 0 Å². The molecule has 0 fully saturated rings.